The van der Waals surface area contributed by atoms with Crippen molar-refractivity contribution in [3.63, 3.8) is 0 Å². The van der Waals surface area contributed by atoms with E-state index in [1.807, 2.05) is 0 Å². The number of aromatic carboxylic acids is 1. The van der Waals surface area contributed by atoms with Gasteiger partial charge in [0.2, 0.25) is 0 Å². The van der Waals surface area contributed by atoms with E-state index in [9.17, 15) is 15.0 Å². The first-order valence-electron chi connectivity index (χ1n) is 5.87. The lowest BCUT2D eigenvalue weighted by atomic mass is 10.1. The molecule has 1 atom stereocenters. The molecular formula is C11H9ClN6O3. The molecule has 0 radical (unpaired) electrons. The molecule has 1 unspecified atom stereocenters. The third-order valence-corrected chi connectivity index (χ3v) is 3.34. The molecule has 9 nitrogen and oxygen atoms in total. The van der Waals surface area contributed by atoms with Gasteiger partial charge in [0.05, 0.1) is 11.2 Å². The Morgan fingerprint density at radius 2 is 2.29 bits per heavy atom. The second-order valence-corrected chi connectivity index (χ2v) is 4.68. The van der Waals surface area contributed by atoms with Crippen molar-refractivity contribution in [2.24, 2.45) is 0 Å². The third kappa shape index (κ3) is 2.32. The number of hydrogen-bond acceptors (Lipinski definition) is 6. The van der Waals surface area contributed by atoms with E-state index >= 15 is 0 Å². The van der Waals surface area contributed by atoms with Crippen molar-refractivity contribution >= 4 is 23.2 Å². The summed E-state index contributed by atoms with van der Waals surface area (Å²) >= 11 is 6.13. The van der Waals surface area contributed by atoms with Gasteiger partial charge >= 0.3 is 5.97 Å². The van der Waals surface area contributed by atoms with Crippen molar-refractivity contribution in [1.29, 1.82) is 0 Å². The summed E-state index contributed by atoms with van der Waals surface area (Å²) in [6.07, 6.45) is 0.218. The fraction of sp³-hybridized carbons (Fsp3) is 0.182. The maximum absolute atomic E-state index is 11.2. The maximum Gasteiger partial charge on any atom is 0.354 e. The molecule has 3 aromatic rings. The average Bonchev–Trinajstić information content (AvgIpc) is 3.10. The van der Waals surface area contributed by atoms with Crippen LogP contribution in [0.3, 0.4) is 0 Å². The lowest BCUT2D eigenvalue weighted by Gasteiger charge is -2.12. The van der Waals surface area contributed by atoms with Crippen molar-refractivity contribution in [2.45, 2.75) is 12.5 Å². The van der Waals surface area contributed by atoms with Gasteiger partial charge in [0.25, 0.3) is 0 Å². The van der Waals surface area contributed by atoms with E-state index in [1.54, 1.807) is 12.1 Å². The fourth-order valence-electron chi connectivity index (χ4n) is 2.05. The minimum atomic E-state index is -1.14. The molecule has 3 heterocycles. The van der Waals surface area contributed by atoms with Crippen LogP contribution in [0.4, 0.5) is 0 Å². The SMILES string of the molecule is O=C(O)c1cnc2ccc(Cl)c(CC(O)c3nnn[nH]3)n12. The molecule has 0 aromatic carbocycles. The molecule has 0 aliphatic rings. The van der Waals surface area contributed by atoms with Crippen LogP contribution in [0, 0.1) is 0 Å². The van der Waals surface area contributed by atoms with Gasteiger partial charge in [0.1, 0.15) is 11.8 Å². The largest absolute Gasteiger partial charge is 0.477 e. The lowest BCUT2D eigenvalue weighted by Crippen LogP contribution is -2.11. The number of nitrogens with one attached hydrogen (secondary N) is 1. The van der Waals surface area contributed by atoms with Crippen LogP contribution in [0.2, 0.25) is 5.02 Å². The average molecular weight is 309 g/mol. The minimum Gasteiger partial charge on any atom is -0.477 e. The van der Waals surface area contributed by atoms with E-state index in [2.05, 4.69) is 25.6 Å². The summed E-state index contributed by atoms with van der Waals surface area (Å²) < 4.78 is 1.39. The smallest absolute Gasteiger partial charge is 0.354 e. The molecule has 3 rings (SSSR count). The van der Waals surface area contributed by atoms with E-state index in [-0.39, 0.29) is 17.9 Å². The normalized spacial score (nSPS) is 12.7. The van der Waals surface area contributed by atoms with Gasteiger partial charge in [-0.2, -0.15) is 0 Å². The second-order valence-electron chi connectivity index (χ2n) is 4.28. The molecule has 0 fully saturated rings. The number of imidazole rings is 1. The van der Waals surface area contributed by atoms with E-state index in [1.165, 1.54) is 10.6 Å². The zero-order valence-electron chi connectivity index (χ0n) is 10.4. The van der Waals surface area contributed by atoms with E-state index < -0.39 is 12.1 Å². The van der Waals surface area contributed by atoms with Crippen molar-refractivity contribution in [3.8, 4) is 0 Å². The van der Waals surface area contributed by atoms with Gasteiger partial charge in [-0.15, -0.1) is 5.10 Å². The lowest BCUT2D eigenvalue weighted by molar-refractivity contribution is 0.0688. The minimum absolute atomic E-state index is 0.0314. The number of aromatic amines is 1. The predicted molar refractivity (Wildman–Crippen MR) is 70.0 cm³/mol. The van der Waals surface area contributed by atoms with Gasteiger partial charge in [0.15, 0.2) is 11.5 Å². The van der Waals surface area contributed by atoms with Crippen LogP contribution < -0.4 is 0 Å². The van der Waals surface area contributed by atoms with Gasteiger partial charge in [-0.1, -0.05) is 11.6 Å². The van der Waals surface area contributed by atoms with Crippen LogP contribution >= 0.6 is 11.6 Å². The summed E-state index contributed by atoms with van der Waals surface area (Å²) in [7, 11) is 0. The Bertz CT molecular complexity index is 800. The summed E-state index contributed by atoms with van der Waals surface area (Å²) in [6, 6.07) is 3.19. The first-order chi connectivity index (χ1) is 10.1. The van der Waals surface area contributed by atoms with E-state index in [0.717, 1.165) is 0 Å². The van der Waals surface area contributed by atoms with Gasteiger partial charge in [0, 0.05) is 12.1 Å². The number of rotatable bonds is 4. The number of nitrogens with zero attached hydrogens (tertiary/aromatic N) is 5. The number of aromatic nitrogens is 6. The van der Waals surface area contributed by atoms with Crippen LogP contribution in [0.5, 0.6) is 0 Å². The highest BCUT2D eigenvalue weighted by Crippen LogP contribution is 2.24. The highest BCUT2D eigenvalue weighted by atomic mass is 35.5. The number of carbonyl (C=O) groups is 1. The number of hydrogen-bond donors (Lipinski definition) is 3. The molecule has 3 N–H and O–H groups in total. The maximum atomic E-state index is 11.2. The Hall–Kier alpha value is -2.52. The van der Waals surface area contributed by atoms with Crippen molar-refractivity contribution < 1.29 is 15.0 Å². The molecule has 0 saturated heterocycles. The van der Waals surface area contributed by atoms with Crippen LogP contribution in [-0.4, -0.2) is 46.2 Å². The van der Waals surface area contributed by atoms with Gasteiger partial charge in [-0.25, -0.2) is 14.9 Å². The number of pyridine rings is 1. The second kappa shape index (κ2) is 5.11. The molecule has 0 amide bonds. The Morgan fingerprint density at radius 3 is 2.95 bits per heavy atom. The van der Waals surface area contributed by atoms with Gasteiger partial charge < -0.3 is 10.2 Å². The number of fused-ring (bicyclic) bond motifs is 1. The summed E-state index contributed by atoms with van der Waals surface area (Å²) in [4.78, 5) is 15.3. The van der Waals surface area contributed by atoms with Crippen molar-refractivity contribution in [3.05, 3.63) is 40.6 Å². The zero-order chi connectivity index (χ0) is 15.0. The van der Waals surface area contributed by atoms with E-state index in [0.29, 0.717) is 16.4 Å². The van der Waals surface area contributed by atoms with Crippen molar-refractivity contribution in [1.82, 2.24) is 30.0 Å². The molecule has 10 heteroatoms. The topological polar surface area (TPSA) is 129 Å². The Balaban J connectivity index is 2.10. The number of tetrazole rings is 1. The summed E-state index contributed by atoms with van der Waals surface area (Å²) in [5.41, 5.74) is 0.799. The molecule has 0 bridgehead atoms. The first kappa shape index (κ1) is 13.5. The van der Waals surface area contributed by atoms with Gasteiger partial charge in [-0.3, -0.25) is 4.40 Å². The molecule has 0 saturated carbocycles. The quantitative estimate of drug-likeness (QED) is 0.639. The van der Waals surface area contributed by atoms with Crippen LogP contribution in [-0.2, 0) is 6.42 Å². The monoisotopic (exact) mass is 308 g/mol. The number of carboxylic acid groups (broad SMARTS) is 1. The van der Waals surface area contributed by atoms with Crippen molar-refractivity contribution in [2.75, 3.05) is 0 Å². The molecule has 0 spiro atoms. The number of halogens is 1. The number of aliphatic hydroxyl groups excluding tert-OH is 1. The molecule has 21 heavy (non-hydrogen) atoms. The molecule has 0 aliphatic carbocycles. The molecular weight excluding hydrogens is 300 g/mol. The van der Waals surface area contributed by atoms with Crippen LogP contribution in [0.1, 0.15) is 28.1 Å². The third-order valence-electron chi connectivity index (χ3n) is 3.00. The predicted octanol–water partition coefficient (Wildman–Crippen LogP) is 0.475. The van der Waals surface area contributed by atoms with Gasteiger partial charge in [-0.05, 0) is 22.6 Å². The fourth-order valence-corrected chi connectivity index (χ4v) is 2.27. The Kier molecular flexibility index (Phi) is 3.28. The van der Waals surface area contributed by atoms with Crippen LogP contribution in [0.15, 0.2) is 18.3 Å². The summed E-state index contributed by atoms with van der Waals surface area (Å²) in [5.74, 6) is -0.970. The standard InChI is InChI=1S/C11H9ClN6O3/c12-5-1-2-9-13-4-7(11(20)21)18(9)6(5)3-8(19)10-14-16-17-15-10/h1-2,4,8,19H,3H2,(H,20,21)(H,14,15,16,17). The number of carboxylic acids is 1. The molecule has 108 valence electrons. The molecule has 0 aliphatic heterocycles. The zero-order valence-corrected chi connectivity index (χ0v) is 11.2. The first-order valence-corrected chi connectivity index (χ1v) is 6.25. The highest BCUT2D eigenvalue weighted by Gasteiger charge is 2.20. The van der Waals surface area contributed by atoms with Crippen LogP contribution in [0.25, 0.3) is 5.65 Å². The summed E-state index contributed by atoms with van der Waals surface area (Å²) in [6.45, 7) is 0. The Labute approximate surface area is 122 Å². The number of H-pyrrole nitrogens is 1. The molecule has 3 aromatic heterocycles. The van der Waals surface area contributed by atoms with E-state index in [4.69, 9.17) is 11.6 Å². The number of aliphatic hydroxyl groups is 1. The highest BCUT2D eigenvalue weighted by molar-refractivity contribution is 6.31. The summed E-state index contributed by atoms with van der Waals surface area (Å²) in [5, 5.41) is 32.4. The Morgan fingerprint density at radius 1 is 1.48 bits per heavy atom.